The Kier molecular flexibility index (Phi) is 4.32. The Morgan fingerprint density at radius 3 is 2.24 bits per heavy atom. The zero-order chi connectivity index (χ0) is 14.7. The fourth-order valence-electron chi connectivity index (χ4n) is 3.05. The van der Waals surface area contributed by atoms with Crippen LogP contribution in [0.5, 0.6) is 0 Å². The lowest BCUT2D eigenvalue weighted by atomic mass is 10.0. The Morgan fingerprint density at radius 2 is 1.62 bits per heavy atom. The number of halogens is 1. The fraction of sp³-hybridized carbons (Fsp3) is 0.333. The van der Waals surface area contributed by atoms with Crippen LogP contribution in [0.25, 0.3) is 0 Å². The van der Waals surface area contributed by atoms with E-state index in [4.69, 9.17) is 5.73 Å². The highest BCUT2D eigenvalue weighted by Gasteiger charge is 2.15. The van der Waals surface area contributed by atoms with Crippen molar-refractivity contribution in [2.75, 3.05) is 13.1 Å². The standard InChI is InChI=1S/C18H21FN2/c19-18-6-5-16(12-20)17(11-18)13-21-9-7-14-3-1-2-4-15(14)8-10-21/h1-6,11H,7-10,12-13,20H2. The minimum Gasteiger partial charge on any atom is -0.326 e. The van der Waals surface area contributed by atoms with E-state index in [2.05, 4.69) is 29.2 Å². The predicted octanol–water partition coefficient (Wildman–Crippen LogP) is 2.89. The fourth-order valence-corrected chi connectivity index (χ4v) is 3.05. The number of fused-ring (bicyclic) bond motifs is 1. The molecule has 0 saturated heterocycles. The van der Waals surface area contributed by atoms with Crippen LogP contribution in [0.15, 0.2) is 42.5 Å². The third-order valence-corrected chi connectivity index (χ3v) is 4.30. The van der Waals surface area contributed by atoms with E-state index in [1.807, 2.05) is 0 Å². The molecule has 1 aliphatic heterocycles. The van der Waals surface area contributed by atoms with Crippen LogP contribution in [0.2, 0.25) is 0 Å². The molecule has 0 unspecified atom stereocenters. The van der Waals surface area contributed by atoms with Crippen LogP contribution in [-0.2, 0) is 25.9 Å². The Balaban J connectivity index is 1.74. The average Bonchev–Trinajstić information content (AvgIpc) is 2.71. The summed E-state index contributed by atoms with van der Waals surface area (Å²) in [5.74, 6) is -0.180. The van der Waals surface area contributed by atoms with Crippen molar-refractivity contribution in [1.82, 2.24) is 4.90 Å². The summed E-state index contributed by atoms with van der Waals surface area (Å²) in [4.78, 5) is 2.40. The first-order chi connectivity index (χ1) is 10.3. The smallest absolute Gasteiger partial charge is 0.123 e. The van der Waals surface area contributed by atoms with Gasteiger partial charge in [-0.1, -0.05) is 30.3 Å². The number of hydrogen-bond donors (Lipinski definition) is 1. The van der Waals surface area contributed by atoms with Gasteiger partial charge in [0.25, 0.3) is 0 Å². The summed E-state index contributed by atoms with van der Waals surface area (Å²) in [6.07, 6.45) is 2.12. The lowest BCUT2D eigenvalue weighted by molar-refractivity contribution is 0.278. The van der Waals surface area contributed by atoms with Crippen molar-refractivity contribution in [2.45, 2.75) is 25.9 Å². The molecule has 0 atom stereocenters. The molecule has 0 amide bonds. The van der Waals surface area contributed by atoms with Crippen molar-refractivity contribution >= 4 is 0 Å². The van der Waals surface area contributed by atoms with Crippen molar-refractivity contribution in [2.24, 2.45) is 5.73 Å². The summed E-state index contributed by atoms with van der Waals surface area (Å²) < 4.78 is 13.5. The highest BCUT2D eigenvalue weighted by atomic mass is 19.1. The zero-order valence-electron chi connectivity index (χ0n) is 12.2. The average molecular weight is 284 g/mol. The molecular weight excluding hydrogens is 263 g/mol. The largest absolute Gasteiger partial charge is 0.326 e. The zero-order valence-corrected chi connectivity index (χ0v) is 12.2. The first kappa shape index (κ1) is 14.2. The molecule has 1 aliphatic rings. The molecule has 0 aromatic heterocycles. The van der Waals surface area contributed by atoms with Crippen molar-refractivity contribution in [3.8, 4) is 0 Å². The molecule has 0 fully saturated rings. The second-order valence-electron chi connectivity index (χ2n) is 5.66. The molecule has 3 rings (SSSR count). The normalized spacial score (nSPS) is 15.5. The number of nitrogens with two attached hydrogens (primary N) is 1. The van der Waals surface area contributed by atoms with Crippen LogP contribution in [-0.4, -0.2) is 18.0 Å². The van der Waals surface area contributed by atoms with Gasteiger partial charge in [-0.2, -0.15) is 0 Å². The molecule has 0 radical (unpaired) electrons. The molecule has 1 heterocycles. The summed E-state index contributed by atoms with van der Waals surface area (Å²) in [7, 11) is 0. The summed E-state index contributed by atoms with van der Waals surface area (Å²) in [5, 5.41) is 0. The van der Waals surface area contributed by atoms with Crippen LogP contribution in [0.4, 0.5) is 4.39 Å². The second-order valence-corrected chi connectivity index (χ2v) is 5.66. The van der Waals surface area contributed by atoms with Crippen LogP contribution in [0.3, 0.4) is 0 Å². The number of hydrogen-bond acceptors (Lipinski definition) is 2. The molecule has 0 saturated carbocycles. The van der Waals surface area contributed by atoms with Crippen molar-refractivity contribution < 1.29 is 4.39 Å². The van der Waals surface area contributed by atoms with Gasteiger partial charge < -0.3 is 5.73 Å². The molecule has 21 heavy (non-hydrogen) atoms. The minimum absolute atomic E-state index is 0.180. The van der Waals surface area contributed by atoms with Crippen molar-refractivity contribution in [3.05, 3.63) is 70.5 Å². The van der Waals surface area contributed by atoms with Gasteiger partial charge in [-0.05, 0) is 47.2 Å². The summed E-state index contributed by atoms with van der Waals surface area (Å²) in [6.45, 7) is 3.26. The van der Waals surface area contributed by atoms with Gasteiger partial charge in [-0.15, -0.1) is 0 Å². The van der Waals surface area contributed by atoms with E-state index in [1.54, 1.807) is 12.1 Å². The van der Waals surface area contributed by atoms with E-state index >= 15 is 0 Å². The molecule has 2 nitrogen and oxygen atoms in total. The molecule has 2 aromatic rings. The molecular formula is C18H21FN2. The van der Waals surface area contributed by atoms with Gasteiger partial charge in [0.15, 0.2) is 0 Å². The molecule has 0 spiro atoms. The Hall–Kier alpha value is -1.71. The van der Waals surface area contributed by atoms with E-state index in [-0.39, 0.29) is 5.82 Å². The van der Waals surface area contributed by atoms with E-state index < -0.39 is 0 Å². The van der Waals surface area contributed by atoms with Gasteiger partial charge in [0.05, 0.1) is 0 Å². The maximum Gasteiger partial charge on any atom is 0.123 e. The van der Waals surface area contributed by atoms with Gasteiger partial charge >= 0.3 is 0 Å². The topological polar surface area (TPSA) is 29.3 Å². The third-order valence-electron chi connectivity index (χ3n) is 4.30. The summed E-state index contributed by atoms with van der Waals surface area (Å²) in [5.41, 5.74) is 10.7. The van der Waals surface area contributed by atoms with Gasteiger partial charge in [-0.3, -0.25) is 4.90 Å². The van der Waals surface area contributed by atoms with E-state index in [1.165, 1.54) is 17.2 Å². The van der Waals surface area contributed by atoms with Gasteiger partial charge in [0.1, 0.15) is 5.82 Å². The molecule has 110 valence electrons. The highest BCUT2D eigenvalue weighted by Crippen LogP contribution is 2.19. The highest BCUT2D eigenvalue weighted by molar-refractivity contribution is 5.30. The van der Waals surface area contributed by atoms with Gasteiger partial charge in [0, 0.05) is 26.2 Å². The second kappa shape index (κ2) is 6.37. The predicted molar refractivity (Wildman–Crippen MR) is 83.4 cm³/mol. The maximum absolute atomic E-state index is 13.5. The number of benzene rings is 2. The first-order valence-corrected chi connectivity index (χ1v) is 7.53. The van der Waals surface area contributed by atoms with Crippen LogP contribution in [0.1, 0.15) is 22.3 Å². The molecule has 0 bridgehead atoms. The van der Waals surface area contributed by atoms with Crippen LogP contribution in [0, 0.1) is 5.82 Å². The molecule has 0 aliphatic carbocycles. The lowest BCUT2D eigenvalue weighted by Crippen LogP contribution is -2.26. The molecule has 3 heteroatoms. The van der Waals surface area contributed by atoms with Crippen LogP contribution >= 0.6 is 0 Å². The Morgan fingerprint density at radius 1 is 0.952 bits per heavy atom. The summed E-state index contributed by atoms with van der Waals surface area (Å²) >= 11 is 0. The van der Waals surface area contributed by atoms with Gasteiger partial charge in [-0.25, -0.2) is 4.39 Å². The SMILES string of the molecule is NCc1ccc(F)cc1CN1CCc2ccccc2CC1. The quantitative estimate of drug-likeness (QED) is 0.939. The van der Waals surface area contributed by atoms with Gasteiger partial charge in [0.2, 0.25) is 0 Å². The first-order valence-electron chi connectivity index (χ1n) is 7.53. The Bertz CT molecular complexity index is 597. The Labute approximate surface area is 125 Å². The van der Waals surface area contributed by atoms with Crippen LogP contribution < -0.4 is 5.73 Å². The monoisotopic (exact) mass is 284 g/mol. The molecule has 2 aromatic carbocycles. The molecule has 2 N–H and O–H groups in total. The summed E-state index contributed by atoms with van der Waals surface area (Å²) in [6, 6.07) is 13.6. The minimum atomic E-state index is -0.180. The van der Waals surface area contributed by atoms with E-state index in [0.29, 0.717) is 6.54 Å². The van der Waals surface area contributed by atoms with Crippen molar-refractivity contribution in [1.29, 1.82) is 0 Å². The maximum atomic E-state index is 13.5. The third kappa shape index (κ3) is 3.31. The number of rotatable bonds is 3. The van der Waals surface area contributed by atoms with E-state index in [9.17, 15) is 4.39 Å². The van der Waals surface area contributed by atoms with E-state index in [0.717, 1.165) is 43.6 Å². The van der Waals surface area contributed by atoms with Crippen molar-refractivity contribution in [3.63, 3.8) is 0 Å². The number of nitrogens with zero attached hydrogens (tertiary/aromatic N) is 1. The lowest BCUT2D eigenvalue weighted by Gasteiger charge is -2.21.